The summed E-state index contributed by atoms with van der Waals surface area (Å²) in [5, 5.41) is 8.80. The van der Waals surface area contributed by atoms with E-state index in [1.165, 1.54) is 0 Å². The van der Waals surface area contributed by atoms with Gasteiger partial charge in [-0.05, 0) is 24.1 Å². The summed E-state index contributed by atoms with van der Waals surface area (Å²) in [6.45, 7) is 0.515. The molecule has 3 N–H and O–H groups in total. The Balaban J connectivity index is 0.00000225. The third-order valence-corrected chi connectivity index (χ3v) is 2.16. The van der Waals surface area contributed by atoms with E-state index in [4.69, 9.17) is 27.2 Å². The molecule has 0 amide bonds. The summed E-state index contributed by atoms with van der Waals surface area (Å²) in [6.07, 6.45) is 0.673. The van der Waals surface area contributed by atoms with Crippen molar-refractivity contribution >= 4 is 24.0 Å². The summed E-state index contributed by atoms with van der Waals surface area (Å²) >= 11 is 5.50. The number of halogens is 2. The minimum absolute atomic E-state index is 0. The van der Waals surface area contributed by atoms with Gasteiger partial charge >= 0.3 is 0 Å². The van der Waals surface area contributed by atoms with E-state index in [0.717, 1.165) is 11.3 Å². The number of nitrogens with two attached hydrogens (primary N) is 1. The molecule has 0 aromatic heterocycles. The van der Waals surface area contributed by atoms with Crippen LogP contribution in [-0.2, 0) is 6.42 Å². The zero-order chi connectivity index (χ0) is 11.1. The summed E-state index contributed by atoms with van der Waals surface area (Å²) in [5.74, 6) is 1.29. The Hall–Kier alpha value is -0.480. The van der Waals surface area contributed by atoms with Crippen LogP contribution in [0.15, 0.2) is 24.3 Å². The summed E-state index contributed by atoms with van der Waals surface area (Å²) in [6, 6.07) is 7.45. The molecule has 1 aromatic rings. The summed E-state index contributed by atoms with van der Waals surface area (Å²) in [7, 11) is 0. The first kappa shape index (κ1) is 15.5. The summed E-state index contributed by atoms with van der Waals surface area (Å²) < 4.78 is 5.33. The maximum Gasteiger partial charge on any atom is 0.119 e. The van der Waals surface area contributed by atoms with Gasteiger partial charge in [0.2, 0.25) is 0 Å². The van der Waals surface area contributed by atoms with Gasteiger partial charge in [0.15, 0.2) is 0 Å². The number of rotatable bonds is 6. The highest BCUT2D eigenvalue weighted by Crippen LogP contribution is 2.13. The predicted octanol–water partition coefficient (Wildman–Crippen LogP) is 1.59. The standard InChI is InChI=1S/C11H16ClNO2.ClH/c12-5-6-15-11-3-1-9(2-4-11)7-10(13)8-14;/h1-4,10,14H,5-8,13H2;1H. The average molecular weight is 266 g/mol. The molecule has 0 saturated heterocycles. The van der Waals surface area contributed by atoms with Crippen molar-refractivity contribution in [1.29, 1.82) is 0 Å². The number of aliphatic hydroxyl groups excluding tert-OH is 1. The van der Waals surface area contributed by atoms with Crippen molar-refractivity contribution in [1.82, 2.24) is 0 Å². The molecule has 0 radical (unpaired) electrons. The fraction of sp³-hybridized carbons (Fsp3) is 0.455. The topological polar surface area (TPSA) is 55.5 Å². The van der Waals surface area contributed by atoms with Crippen LogP contribution in [0.5, 0.6) is 5.75 Å². The largest absolute Gasteiger partial charge is 0.492 e. The van der Waals surface area contributed by atoms with Gasteiger partial charge in [0.1, 0.15) is 12.4 Å². The van der Waals surface area contributed by atoms with Gasteiger partial charge in [-0.2, -0.15) is 0 Å². The maximum absolute atomic E-state index is 8.80. The number of benzene rings is 1. The van der Waals surface area contributed by atoms with E-state index in [0.29, 0.717) is 18.9 Å². The third-order valence-electron chi connectivity index (χ3n) is 2.00. The normalized spacial score (nSPS) is 11.7. The fourth-order valence-electron chi connectivity index (χ4n) is 1.25. The zero-order valence-corrected chi connectivity index (χ0v) is 10.5. The van der Waals surface area contributed by atoms with E-state index in [-0.39, 0.29) is 25.1 Å². The number of aliphatic hydroxyl groups is 1. The van der Waals surface area contributed by atoms with Crippen LogP contribution in [0, 0.1) is 0 Å². The quantitative estimate of drug-likeness (QED) is 0.769. The van der Waals surface area contributed by atoms with Crippen LogP contribution < -0.4 is 10.5 Å². The van der Waals surface area contributed by atoms with E-state index in [2.05, 4.69) is 0 Å². The molecule has 92 valence electrons. The molecule has 0 heterocycles. The molecule has 0 aliphatic rings. The first-order valence-electron chi connectivity index (χ1n) is 4.90. The highest BCUT2D eigenvalue weighted by atomic mass is 35.5. The minimum atomic E-state index is -0.195. The van der Waals surface area contributed by atoms with Crippen LogP contribution in [0.25, 0.3) is 0 Å². The molecule has 1 aromatic carbocycles. The van der Waals surface area contributed by atoms with Gasteiger partial charge in [0, 0.05) is 6.04 Å². The van der Waals surface area contributed by atoms with Crippen molar-refractivity contribution in [2.45, 2.75) is 12.5 Å². The number of ether oxygens (including phenoxy) is 1. The van der Waals surface area contributed by atoms with Gasteiger partial charge in [-0.25, -0.2) is 0 Å². The van der Waals surface area contributed by atoms with Gasteiger partial charge in [-0.1, -0.05) is 12.1 Å². The van der Waals surface area contributed by atoms with Crippen molar-refractivity contribution in [3.8, 4) is 5.75 Å². The molecule has 0 aliphatic heterocycles. The van der Waals surface area contributed by atoms with Crippen molar-refractivity contribution in [3.05, 3.63) is 29.8 Å². The van der Waals surface area contributed by atoms with Crippen molar-refractivity contribution in [2.75, 3.05) is 19.1 Å². The molecule has 0 spiro atoms. The predicted molar refractivity (Wildman–Crippen MR) is 68.7 cm³/mol. The minimum Gasteiger partial charge on any atom is -0.492 e. The Morgan fingerprint density at radius 2 is 1.94 bits per heavy atom. The highest BCUT2D eigenvalue weighted by Gasteiger charge is 2.02. The Morgan fingerprint density at radius 3 is 2.44 bits per heavy atom. The lowest BCUT2D eigenvalue weighted by atomic mass is 10.1. The van der Waals surface area contributed by atoms with Crippen LogP contribution in [0.3, 0.4) is 0 Å². The molecule has 1 rings (SSSR count). The first-order valence-corrected chi connectivity index (χ1v) is 5.44. The second kappa shape index (κ2) is 8.65. The number of hydrogen-bond acceptors (Lipinski definition) is 3. The monoisotopic (exact) mass is 265 g/mol. The molecular formula is C11H17Cl2NO2. The maximum atomic E-state index is 8.80. The van der Waals surface area contributed by atoms with Crippen molar-refractivity contribution in [3.63, 3.8) is 0 Å². The molecule has 3 nitrogen and oxygen atoms in total. The first-order chi connectivity index (χ1) is 7.26. The van der Waals surface area contributed by atoms with Crippen LogP contribution in [0.4, 0.5) is 0 Å². The number of alkyl halides is 1. The van der Waals surface area contributed by atoms with Crippen LogP contribution >= 0.6 is 24.0 Å². The molecule has 1 atom stereocenters. The molecule has 0 aliphatic carbocycles. The lowest BCUT2D eigenvalue weighted by Gasteiger charge is -2.09. The lowest BCUT2D eigenvalue weighted by Crippen LogP contribution is -2.26. The Labute approximate surface area is 107 Å². The highest BCUT2D eigenvalue weighted by molar-refractivity contribution is 6.17. The van der Waals surface area contributed by atoms with E-state index >= 15 is 0 Å². The molecule has 16 heavy (non-hydrogen) atoms. The van der Waals surface area contributed by atoms with Gasteiger partial charge in [0.25, 0.3) is 0 Å². The van der Waals surface area contributed by atoms with E-state index < -0.39 is 0 Å². The fourth-order valence-corrected chi connectivity index (χ4v) is 1.32. The van der Waals surface area contributed by atoms with Crippen molar-refractivity contribution in [2.24, 2.45) is 5.73 Å². The van der Waals surface area contributed by atoms with Crippen LogP contribution in [-0.4, -0.2) is 30.2 Å². The van der Waals surface area contributed by atoms with Crippen LogP contribution in [0.2, 0.25) is 0 Å². The Morgan fingerprint density at radius 1 is 1.31 bits per heavy atom. The average Bonchev–Trinajstić information content (AvgIpc) is 2.28. The number of hydrogen-bond donors (Lipinski definition) is 2. The van der Waals surface area contributed by atoms with E-state index in [1.54, 1.807) is 0 Å². The van der Waals surface area contributed by atoms with Gasteiger partial charge in [-0.15, -0.1) is 24.0 Å². The smallest absolute Gasteiger partial charge is 0.119 e. The van der Waals surface area contributed by atoms with Gasteiger partial charge in [0.05, 0.1) is 12.5 Å². The second-order valence-corrected chi connectivity index (χ2v) is 3.71. The Kier molecular flexibility index (Phi) is 8.39. The van der Waals surface area contributed by atoms with Crippen LogP contribution in [0.1, 0.15) is 5.56 Å². The van der Waals surface area contributed by atoms with Gasteiger partial charge in [-0.3, -0.25) is 0 Å². The molecular weight excluding hydrogens is 249 g/mol. The summed E-state index contributed by atoms with van der Waals surface area (Å²) in [5.41, 5.74) is 6.72. The van der Waals surface area contributed by atoms with E-state index in [9.17, 15) is 0 Å². The lowest BCUT2D eigenvalue weighted by molar-refractivity contribution is 0.265. The summed E-state index contributed by atoms with van der Waals surface area (Å²) in [4.78, 5) is 0. The Bertz CT molecular complexity index is 280. The van der Waals surface area contributed by atoms with Gasteiger partial charge < -0.3 is 15.6 Å². The van der Waals surface area contributed by atoms with E-state index in [1.807, 2.05) is 24.3 Å². The molecule has 1 unspecified atom stereocenters. The molecule has 0 saturated carbocycles. The molecule has 0 fully saturated rings. The SMILES string of the molecule is Cl.NC(CO)Cc1ccc(OCCCl)cc1. The third kappa shape index (κ3) is 5.56. The molecule has 0 bridgehead atoms. The molecule has 5 heteroatoms. The zero-order valence-electron chi connectivity index (χ0n) is 8.93. The second-order valence-electron chi connectivity index (χ2n) is 3.33. The van der Waals surface area contributed by atoms with Crippen molar-refractivity contribution < 1.29 is 9.84 Å².